The first-order valence-corrected chi connectivity index (χ1v) is 6.28. The Morgan fingerprint density at radius 3 is 2.60 bits per heavy atom. The molecule has 20 heavy (non-hydrogen) atoms. The first-order chi connectivity index (χ1) is 9.56. The maximum atomic E-state index is 12.0. The second-order valence-corrected chi connectivity index (χ2v) is 4.71. The Bertz CT molecular complexity index is 641. The van der Waals surface area contributed by atoms with E-state index >= 15 is 0 Å². The molecule has 0 saturated heterocycles. The number of nitrogens with zero attached hydrogens (tertiary/aromatic N) is 1. The van der Waals surface area contributed by atoms with Crippen LogP contribution in [-0.2, 0) is 6.42 Å². The molecule has 0 bridgehead atoms. The summed E-state index contributed by atoms with van der Waals surface area (Å²) in [4.78, 5) is 16.1. The van der Waals surface area contributed by atoms with Crippen LogP contribution in [-0.4, -0.2) is 21.0 Å². The molecule has 2 rings (SSSR count). The van der Waals surface area contributed by atoms with Crippen molar-refractivity contribution >= 4 is 28.8 Å². The minimum absolute atomic E-state index is 0.157. The molecule has 4 N–H and O–H groups in total. The largest absolute Gasteiger partial charge is 0.505 e. The second-order valence-electron chi connectivity index (χ2n) is 4.19. The van der Waals surface area contributed by atoms with Crippen LogP contribution in [0.15, 0.2) is 42.7 Å². The van der Waals surface area contributed by atoms with Crippen molar-refractivity contribution < 1.29 is 9.90 Å². The molecule has 0 aliphatic heterocycles. The molecule has 5 nitrogen and oxygen atoms in total. The van der Waals surface area contributed by atoms with Gasteiger partial charge >= 0.3 is 0 Å². The van der Waals surface area contributed by atoms with Crippen molar-refractivity contribution in [3.05, 3.63) is 53.9 Å². The van der Waals surface area contributed by atoms with Gasteiger partial charge < -0.3 is 16.2 Å². The van der Waals surface area contributed by atoms with Crippen LogP contribution in [0.5, 0.6) is 5.75 Å². The van der Waals surface area contributed by atoms with Gasteiger partial charge in [0.2, 0.25) is 0 Å². The molecular weight excluding hydrogens is 274 g/mol. The molecule has 0 saturated carbocycles. The zero-order valence-electron chi connectivity index (χ0n) is 10.5. The standard InChI is InChI=1S/C14H13N3O2S/c15-13(20)7-9-1-3-10(4-2-9)17-14(19)11-5-6-16-8-12(11)18/h1-6,8,18H,7H2,(H2,15,20)(H,17,19). The summed E-state index contributed by atoms with van der Waals surface area (Å²) in [5, 5.41) is 12.2. The van der Waals surface area contributed by atoms with E-state index in [-0.39, 0.29) is 11.3 Å². The lowest BCUT2D eigenvalue weighted by atomic mass is 10.1. The monoisotopic (exact) mass is 287 g/mol. The predicted molar refractivity (Wildman–Crippen MR) is 80.8 cm³/mol. The fourth-order valence-electron chi connectivity index (χ4n) is 1.68. The van der Waals surface area contributed by atoms with Crippen LogP contribution in [0, 0.1) is 0 Å². The molecule has 0 unspecified atom stereocenters. The normalized spacial score (nSPS) is 10.0. The molecule has 1 aromatic heterocycles. The van der Waals surface area contributed by atoms with Crippen LogP contribution in [0.1, 0.15) is 15.9 Å². The van der Waals surface area contributed by atoms with Crippen LogP contribution in [0.2, 0.25) is 0 Å². The number of carbonyl (C=O) groups excluding carboxylic acids is 1. The third-order valence-corrected chi connectivity index (χ3v) is 2.78. The number of amides is 1. The topological polar surface area (TPSA) is 88.2 Å². The molecule has 1 heterocycles. The van der Waals surface area contributed by atoms with E-state index in [4.69, 9.17) is 18.0 Å². The van der Waals surface area contributed by atoms with Crippen molar-refractivity contribution in [1.29, 1.82) is 0 Å². The highest BCUT2D eigenvalue weighted by Gasteiger charge is 2.10. The molecule has 0 aliphatic rings. The summed E-state index contributed by atoms with van der Waals surface area (Å²) in [5.74, 6) is -0.554. The Labute approximate surface area is 121 Å². The molecule has 1 amide bonds. The van der Waals surface area contributed by atoms with Gasteiger partial charge in [0.25, 0.3) is 5.91 Å². The maximum Gasteiger partial charge on any atom is 0.259 e. The number of rotatable bonds is 4. The van der Waals surface area contributed by atoms with Gasteiger partial charge in [-0.05, 0) is 23.8 Å². The number of anilines is 1. The zero-order valence-corrected chi connectivity index (χ0v) is 11.4. The van der Waals surface area contributed by atoms with Crippen molar-refractivity contribution in [1.82, 2.24) is 4.98 Å². The van der Waals surface area contributed by atoms with Crippen molar-refractivity contribution in [3.8, 4) is 5.75 Å². The molecule has 0 fully saturated rings. The molecule has 102 valence electrons. The minimum atomic E-state index is -0.396. The van der Waals surface area contributed by atoms with E-state index in [2.05, 4.69) is 10.3 Å². The van der Waals surface area contributed by atoms with Gasteiger partial charge in [-0.2, -0.15) is 0 Å². The van der Waals surface area contributed by atoms with Gasteiger partial charge in [-0.3, -0.25) is 9.78 Å². The fourth-order valence-corrected chi connectivity index (χ4v) is 1.85. The van der Waals surface area contributed by atoms with Gasteiger partial charge in [0, 0.05) is 18.3 Å². The van der Waals surface area contributed by atoms with Crippen LogP contribution >= 0.6 is 12.2 Å². The average molecular weight is 287 g/mol. The number of nitrogens with one attached hydrogen (secondary N) is 1. The molecule has 0 spiro atoms. The number of nitrogens with two attached hydrogens (primary N) is 1. The van der Waals surface area contributed by atoms with Gasteiger partial charge in [-0.15, -0.1) is 0 Å². The van der Waals surface area contributed by atoms with E-state index in [9.17, 15) is 9.90 Å². The number of pyridine rings is 1. The number of carbonyl (C=O) groups is 1. The summed E-state index contributed by atoms with van der Waals surface area (Å²) >= 11 is 4.83. The zero-order chi connectivity index (χ0) is 14.5. The Kier molecular flexibility index (Phi) is 4.27. The van der Waals surface area contributed by atoms with E-state index < -0.39 is 5.91 Å². The molecule has 0 radical (unpaired) electrons. The summed E-state index contributed by atoms with van der Waals surface area (Å²) < 4.78 is 0. The highest BCUT2D eigenvalue weighted by molar-refractivity contribution is 7.80. The second kappa shape index (κ2) is 6.12. The molecule has 0 aliphatic carbocycles. The minimum Gasteiger partial charge on any atom is -0.505 e. The lowest BCUT2D eigenvalue weighted by molar-refractivity contribution is 0.102. The molecule has 1 aromatic carbocycles. The first-order valence-electron chi connectivity index (χ1n) is 5.88. The van der Waals surface area contributed by atoms with Gasteiger partial charge in [0.15, 0.2) is 0 Å². The Morgan fingerprint density at radius 2 is 2.00 bits per heavy atom. The van der Waals surface area contributed by atoms with E-state index in [1.54, 1.807) is 12.1 Å². The molecule has 2 aromatic rings. The molecule has 0 atom stereocenters. The van der Waals surface area contributed by atoms with Crippen LogP contribution < -0.4 is 11.1 Å². The quantitative estimate of drug-likeness (QED) is 0.747. The Morgan fingerprint density at radius 1 is 1.30 bits per heavy atom. The van der Waals surface area contributed by atoms with Crippen molar-refractivity contribution in [2.24, 2.45) is 5.73 Å². The summed E-state index contributed by atoms with van der Waals surface area (Å²) in [6.45, 7) is 0. The van der Waals surface area contributed by atoms with Gasteiger partial charge in [0.05, 0.1) is 16.7 Å². The summed E-state index contributed by atoms with van der Waals surface area (Å²) in [6.07, 6.45) is 3.19. The Hall–Kier alpha value is -2.47. The van der Waals surface area contributed by atoms with Gasteiger partial charge in [-0.25, -0.2) is 0 Å². The van der Waals surface area contributed by atoms with Crippen molar-refractivity contribution in [2.45, 2.75) is 6.42 Å². The SMILES string of the molecule is NC(=S)Cc1ccc(NC(=O)c2ccncc2O)cc1. The summed E-state index contributed by atoms with van der Waals surface area (Å²) in [7, 11) is 0. The predicted octanol–water partition coefficient (Wildman–Crippen LogP) is 1.87. The number of hydrogen-bond donors (Lipinski definition) is 3. The number of thiocarbonyl (C=S) groups is 1. The van der Waals surface area contributed by atoms with E-state index in [1.807, 2.05) is 12.1 Å². The van der Waals surface area contributed by atoms with Crippen LogP contribution in [0.4, 0.5) is 5.69 Å². The highest BCUT2D eigenvalue weighted by atomic mass is 32.1. The van der Waals surface area contributed by atoms with Crippen molar-refractivity contribution in [2.75, 3.05) is 5.32 Å². The van der Waals surface area contributed by atoms with E-state index in [1.165, 1.54) is 18.5 Å². The third-order valence-electron chi connectivity index (χ3n) is 2.63. The Balaban J connectivity index is 2.09. The van der Waals surface area contributed by atoms with Crippen LogP contribution in [0.3, 0.4) is 0 Å². The molecular formula is C14H13N3O2S. The average Bonchev–Trinajstić information content (AvgIpc) is 2.41. The lowest BCUT2D eigenvalue weighted by Gasteiger charge is -2.07. The smallest absolute Gasteiger partial charge is 0.259 e. The fraction of sp³-hybridized carbons (Fsp3) is 0.0714. The van der Waals surface area contributed by atoms with Gasteiger partial charge in [0.1, 0.15) is 5.75 Å². The number of aromatic nitrogens is 1. The van der Waals surface area contributed by atoms with E-state index in [0.29, 0.717) is 17.1 Å². The van der Waals surface area contributed by atoms with E-state index in [0.717, 1.165) is 5.56 Å². The van der Waals surface area contributed by atoms with Gasteiger partial charge in [-0.1, -0.05) is 24.4 Å². The first kappa shape index (κ1) is 14.0. The van der Waals surface area contributed by atoms with Crippen LogP contribution in [0.25, 0.3) is 0 Å². The highest BCUT2D eigenvalue weighted by Crippen LogP contribution is 2.17. The maximum absolute atomic E-state index is 12.0. The summed E-state index contributed by atoms with van der Waals surface area (Å²) in [6, 6.07) is 8.63. The molecule has 6 heteroatoms. The number of aromatic hydroxyl groups is 1. The third kappa shape index (κ3) is 3.52. The number of benzene rings is 1. The lowest BCUT2D eigenvalue weighted by Crippen LogP contribution is -2.13. The summed E-state index contributed by atoms with van der Waals surface area (Å²) in [5.41, 5.74) is 7.23. The van der Waals surface area contributed by atoms with Crippen molar-refractivity contribution in [3.63, 3.8) is 0 Å². The number of hydrogen-bond acceptors (Lipinski definition) is 4.